The molecule has 41 heavy (non-hydrogen) atoms. The number of aryl methyl sites for hydroxylation is 1. The van der Waals surface area contributed by atoms with Gasteiger partial charge in [0.15, 0.2) is 0 Å². The highest BCUT2D eigenvalue weighted by Crippen LogP contribution is 2.26. The second-order valence-electron chi connectivity index (χ2n) is 8.87. The minimum atomic E-state index is -4.06. The molecule has 0 unspecified atom stereocenters. The lowest BCUT2D eigenvalue weighted by molar-refractivity contribution is -0.119. The number of carbonyl (C=O) groups excluding carboxylic acids is 2. The number of amides is 1. The van der Waals surface area contributed by atoms with Crippen LogP contribution < -0.4 is 19.2 Å². The van der Waals surface area contributed by atoms with E-state index in [0.717, 1.165) is 9.87 Å². The minimum Gasteiger partial charge on any atom is -0.494 e. The van der Waals surface area contributed by atoms with E-state index < -0.39 is 28.4 Å². The van der Waals surface area contributed by atoms with E-state index in [1.54, 1.807) is 84.9 Å². The lowest BCUT2D eigenvalue weighted by atomic mass is 10.2. The second kappa shape index (κ2) is 13.4. The number of hydrazone groups is 1. The van der Waals surface area contributed by atoms with Crippen LogP contribution in [0.15, 0.2) is 113 Å². The second-order valence-corrected chi connectivity index (χ2v) is 10.7. The summed E-state index contributed by atoms with van der Waals surface area (Å²) in [4.78, 5) is 25.1. The predicted molar refractivity (Wildman–Crippen MR) is 157 cm³/mol. The van der Waals surface area contributed by atoms with Crippen molar-refractivity contribution in [1.82, 2.24) is 5.43 Å². The molecule has 0 radical (unpaired) electrons. The zero-order valence-electron chi connectivity index (χ0n) is 22.6. The molecule has 0 atom stereocenters. The van der Waals surface area contributed by atoms with Gasteiger partial charge in [0.1, 0.15) is 18.0 Å². The Labute approximate surface area is 239 Å². The average molecular weight is 572 g/mol. The molecule has 10 heteroatoms. The van der Waals surface area contributed by atoms with E-state index in [4.69, 9.17) is 9.47 Å². The van der Waals surface area contributed by atoms with E-state index in [-0.39, 0.29) is 4.90 Å². The number of hydrogen-bond acceptors (Lipinski definition) is 7. The molecule has 0 saturated heterocycles. The quantitative estimate of drug-likeness (QED) is 0.118. The van der Waals surface area contributed by atoms with Crippen LogP contribution >= 0.6 is 0 Å². The fourth-order valence-corrected chi connectivity index (χ4v) is 5.16. The molecule has 1 N–H and O–H groups in total. The van der Waals surface area contributed by atoms with Crippen LogP contribution in [0.5, 0.6) is 11.5 Å². The van der Waals surface area contributed by atoms with Crippen molar-refractivity contribution in [3.63, 3.8) is 0 Å². The summed E-state index contributed by atoms with van der Waals surface area (Å²) in [6.07, 6.45) is 1.40. The van der Waals surface area contributed by atoms with E-state index >= 15 is 0 Å². The molecule has 0 aliphatic rings. The summed E-state index contributed by atoms with van der Waals surface area (Å²) in [6.45, 7) is 3.67. The van der Waals surface area contributed by atoms with Gasteiger partial charge in [-0.2, -0.15) is 5.10 Å². The smallest absolute Gasteiger partial charge is 0.343 e. The van der Waals surface area contributed by atoms with Crippen molar-refractivity contribution in [2.75, 3.05) is 17.5 Å². The molecule has 0 saturated carbocycles. The summed E-state index contributed by atoms with van der Waals surface area (Å²) in [5, 5.41) is 3.96. The van der Waals surface area contributed by atoms with Crippen LogP contribution in [0.3, 0.4) is 0 Å². The number of ether oxygens (including phenoxy) is 2. The Morgan fingerprint density at radius 1 is 0.854 bits per heavy atom. The van der Waals surface area contributed by atoms with Crippen LogP contribution in [0.4, 0.5) is 5.69 Å². The number of rotatable bonds is 11. The molecular weight excluding hydrogens is 542 g/mol. The molecule has 0 fully saturated rings. The Morgan fingerprint density at radius 2 is 1.49 bits per heavy atom. The van der Waals surface area contributed by atoms with Crippen molar-refractivity contribution >= 4 is 33.8 Å². The van der Waals surface area contributed by atoms with Crippen LogP contribution in [-0.4, -0.2) is 39.7 Å². The van der Waals surface area contributed by atoms with E-state index in [9.17, 15) is 18.0 Å². The topological polar surface area (TPSA) is 114 Å². The zero-order chi connectivity index (χ0) is 29.2. The average Bonchev–Trinajstić information content (AvgIpc) is 2.98. The number of nitrogens with one attached hydrogen (secondary N) is 1. The molecule has 4 aromatic rings. The Hall–Kier alpha value is -4.96. The molecule has 4 rings (SSSR count). The molecule has 9 nitrogen and oxygen atoms in total. The van der Waals surface area contributed by atoms with Gasteiger partial charge in [0.25, 0.3) is 15.9 Å². The summed E-state index contributed by atoms with van der Waals surface area (Å²) in [5.74, 6) is -0.178. The standard InChI is InChI=1S/C31H29N3O6S/c1-3-39-27-17-13-26(14-18-27)34(41(37,38)29-19-9-23(2)10-20-29)22-30(35)33-32-21-24-11-15-28(16-12-24)40-31(36)25-7-5-4-6-8-25/h4-21H,3,22H2,1-2H3,(H,33,35)/b32-21+. The molecule has 0 heterocycles. The first kappa shape index (κ1) is 29.0. The fourth-order valence-electron chi connectivity index (χ4n) is 3.73. The molecule has 0 bridgehead atoms. The highest BCUT2D eigenvalue weighted by atomic mass is 32.2. The molecule has 1 amide bonds. The molecule has 0 aromatic heterocycles. The number of sulfonamides is 1. The van der Waals surface area contributed by atoms with Gasteiger partial charge in [-0.3, -0.25) is 9.10 Å². The van der Waals surface area contributed by atoms with Crippen molar-refractivity contribution in [3.8, 4) is 11.5 Å². The van der Waals surface area contributed by atoms with Crippen molar-refractivity contribution in [3.05, 3.63) is 120 Å². The van der Waals surface area contributed by atoms with Gasteiger partial charge < -0.3 is 9.47 Å². The number of esters is 1. The Kier molecular flexibility index (Phi) is 9.49. The summed E-state index contributed by atoms with van der Waals surface area (Å²) >= 11 is 0. The van der Waals surface area contributed by atoms with Crippen LogP contribution in [0.25, 0.3) is 0 Å². The highest BCUT2D eigenvalue weighted by Gasteiger charge is 2.27. The van der Waals surface area contributed by atoms with E-state index in [2.05, 4.69) is 10.5 Å². The molecule has 0 aliphatic carbocycles. The molecule has 4 aromatic carbocycles. The fraction of sp³-hybridized carbons (Fsp3) is 0.129. The number of carbonyl (C=O) groups is 2. The Morgan fingerprint density at radius 3 is 2.12 bits per heavy atom. The van der Waals surface area contributed by atoms with Gasteiger partial charge in [-0.05, 0) is 92.2 Å². The number of anilines is 1. The first-order chi connectivity index (χ1) is 19.8. The largest absolute Gasteiger partial charge is 0.494 e. The number of nitrogens with zero attached hydrogens (tertiary/aromatic N) is 2. The van der Waals surface area contributed by atoms with Crippen LogP contribution in [0.1, 0.15) is 28.4 Å². The number of benzene rings is 4. The van der Waals surface area contributed by atoms with E-state index in [0.29, 0.717) is 34.9 Å². The van der Waals surface area contributed by atoms with Gasteiger partial charge >= 0.3 is 5.97 Å². The van der Waals surface area contributed by atoms with Crippen LogP contribution in [0, 0.1) is 6.92 Å². The monoisotopic (exact) mass is 571 g/mol. The van der Waals surface area contributed by atoms with Crippen molar-refractivity contribution in [2.45, 2.75) is 18.7 Å². The first-order valence-corrected chi connectivity index (χ1v) is 14.2. The number of hydrogen-bond donors (Lipinski definition) is 1. The minimum absolute atomic E-state index is 0.0568. The maximum atomic E-state index is 13.5. The van der Waals surface area contributed by atoms with E-state index in [1.165, 1.54) is 18.3 Å². The molecule has 0 spiro atoms. The summed E-state index contributed by atoms with van der Waals surface area (Å²) in [5.41, 5.74) is 4.65. The van der Waals surface area contributed by atoms with Crippen molar-refractivity contribution < 1.29 is 27.5 Å². The third-order valence-electron chi connectivity index (χ3n) is 5.83. The van der Waals surface area contributed by atoms with Crippen molar-refractivity contribution in [2.24, 2.45) is 5.10 Å². The summed E-state index contributed by atoms with van der Waals surface area (Å²) < 4.78 is 38.9. The van der Waals surface area contributed by atoms with Gasteiger partial charge in [0.2, 0.25) is 0 Å². The lowest BCUT2D eigenvalue weighted by Gasteiger charge is -2.24. The molecule has 210 valence electrons. The predicted octanol–water partition coefficient (Wildman–Crippen LogP) is 4.96. The third-order valence-corrected chi connectivity index (χ3v) is 7.62. The van der Waals surface area contributed by atoms with Gasteiger partial charge in [0.05, 0.1) is 29.0 Å². The maximum Gasteiger partial charge on any atom is 0.343 e. The van der Waals surface area contributed by atoms with Gasteiger partial charge in [-0.25, -0.2) is 18.6 Å². The van der Waals surface area contributed by atoms with Gasteiger partial charge in [-0.15, -0.1) is 0 Å². The maximum absolute atomic E-state index is 13.5. The SMILES string of the molecule is CCOc1ccc(N(CC(=O)N/N=C/c2ccc(OC(=O)c3ccccc3)cc2)S(=O)(=O)c2ccc(C)cc2)cc1. The van der Waals surface area contributed by atoms with Crippen LogP contribution in [-0.2, 0) is 14.8 Å². The lowest BCUT2D eigenvalue weighted by Crippen LogP contribution is -2.39. The summed E-state index contributed by atoms with van der Waals surface area (Å²) in [7, 11) is -4.06. The van der Waals surface area contributed by atoms with Gasteiger partial charge in [0, 0.05) is 0 Å². The van der Waals surface area contributed by atoms with E-state index in [1.807, 2.05) is 19.9 Å². The summed E-state index contributed by atoms with van der Waals surface area (Å²) in [6, 6.07) is 28.0. The Bertz CT molecular complexity index is 1600. The third kappa shape index (κ3) is 7.80. The van der Waals surface area contributed by atoms with Crippen LogP contribution in [0.2, 0.25) is 0 Å². The molecule has 0 aliphatic heterocycles. The Balaban J connectivity index is 1.43. The van der Waals surface area contributed by atoms with Gasteiger partial charge in [-0.1, -0.05) is 35.9 Å². The normalized spacial score (nSPS) is 11.2. The van der Waals surface area contributed by atoms with Crippen molar-refractivity contribution in [1.29, 1.82) is 0 Å². The first-order valence-electron chi connectivity index (χ1n) is 12.8. The zero-order valence-corrected chi connectivity index (χ0v) is 23.4. The highest BCUT2D eigenvalue weighted by molar-refractivity contribution is 7.92. The molecular formula is C31H29N3O6S.